The number of aryl methyl sites for hydroxylation is 1. The molecule has 0 aromatic heterocycles. The summed E-state index contributed by atoms with van der Waals surface area (Å²) in [6, 6.07) is 3.50. The second-order valence-corrected chi connectivity index (χ2v) is 7.20. The van der Waals surface area contributed by atoms with E-state index >= 15 is 0 Å². The minimum Gasteiger partial charge on any atom is -0.353 e. The number of nitrogens with one attached hydrogen (secondary N) is 1. The molecule has 122 valence electrons. The summed E-state index contributed by atoms with van der Waals surface area (Å²) in [5.74, 6) is -0.441. The lowest BCUT2D eigenvalue weighted by Crippen LogP contribution is -2.40. The van der Waals surface area contributed by atoms with Gasteiger partial charge in [0.25, 0.3) is 5.69 Å². The fourth-order valence-electron chi connectivity index (χ4n) is 1.80. The molecule has 0 radical (unpaired) electrons. The molecule has 1 aromatic rings. The number of carbonyl (C=O) groups is 1. The normalized spacial score (nSPS) is 11.7. The Kier molecular flexibility index (Phi) is 5.61. The standard InChI is InChI=1S/C13H19N3O5S/c1-9(2)14-13(17)8-15(4)22(20,21)12-7-11(16(18)19)6-5-10(12)3/h5-7,9H,8H2,1-4H3,(H,14,17). The second kappa shape index (κ2) is 6.84. The highest BCUT2D eigenvalue weighted by Gasteiger charge is 2.26. The molecule has 0 unspecified atom stereocenters. The lowest BCUT2D eigenvalue weighted by atomic mass is 10.2. The Morgan fingerprint density at radius 1 is 1.41 bits per heavy atom. The molecule has 1 rings (SSSR count). The van der Waals surface area contributed by atoms with E-state index in [2.05, 4.69) is 5.32 Å². The lowest BCUT2D eigenvalue weighted by molar-refractivity contribution is -0.385. The number of nitrogens with zero attached hydrogens (tertiary/aromatic N) is 2. The van der Waals surface area contributed by atoms with Crippen LogP contribution in [0.5, 0.6) is 0 Å². The zero-order valence-electron chi connectivity index (χ0n) is 12.9. The number of non-ortho nitro benzene ring substituents is 1. The number of amides is 1. The molecule has 0 spiro atoms. The van der Waals surface area contributed by atoms with Gasteiger partial charge in [-0.2, -0.15) is 4.31 Å². The molecule has 1 aromatic carbocycles. The van der Waals surface area contributed by atoms with Crippen molar-refractivity contribution >= 4 is 21.6 Å². The zero-order chi connectivity index (χ0) is 17.1. The van der Waals surface area contributed by atoms with Crippen LogP contribution in [-0.2, 0) is 14.8 Å². The molecule has 0 heterocycles. The van der Waals surface area contributed by atoms with Gasteiger partial charge >= 0.3 is 0 Å². The van der Waals surface area contributed by atoms with Crippen LogP contribution in [0.1, 0.15) is 19.4 Å². The van der Waals surface area contributed by atoms with Crippen LogP contribution in [0.2, 0.25) is 0 Å². The van der Waals surface area contributed by atoms with Crippen molar-refractivity contribution in [3.8, 4) is 0 Å². The van der Waals surface area contributed by atoms with Gasteiger partial charge in [0.05, 0.1) is 16.4 Å². The van der Waals surface area contributed by atoms with E-state index in [1.807, 2.05) is 0 Å². The first-order valence-electron chi connectivity index (χ1n) is 6.56. The van der Waals surface area contributed by atoms with Crippen molar-refractivity contribution in [3.05, 3.63) is 33.9 Å². The minimum atomic E-state index is -3.99. The van der Waals surface area contributed by atoms with Gasteiger partial charge in [0.2, 0.25) is 15.9 Å². The average Bonchev–Trinajstić information content (AvgIpc) is 2.37. The first-order chi connectivity index (χ1) is 10.1. The molecular formula is C13H19N3O5S. The van der Waals surface area contributed by atoms with Crippen LogP contribution in [0.15, 0.2) is 23.1 Å². The predicted octanol–water partition coefficient (Wildman–Crippen LogP) is 1.05. The molecule has 0 saturated carbocycles. The average molecular weight is 329 g/mol. The summed E-state index contributed by atoms with van der Waals surface area (Å²) in [6.07, 6.45) is 0. The molecule has 1 N–H and O–H groups in total. The number of rotatable bonds is 6. The number of hydrogen-bond donors (Lipinski definition) is 1. The van der Waals surface area contributed by atoms with E-state index in [9.17, 15) is 23.3 Å². The van der Waals surface area contributed by atoms with E-state index in [4.69, 9.17) is 0 Å². The quantitative estimate of drug-likeness (QED) is 0.619. The van der Waals surface area contributed by atoms with Crippen LogP contribution in [0.25, 0.3) is 0 Å². The molecule has 8 nitrogen and oxygen atoms in total. The van der Waals surface area contributed by atoms with E-state index in [1.165, 1.54) is 19.2 Å². The zero-order valence-corrected chi connectivity index (χ0v) is 13.7. The first kappa shape index (κ1) is 18.1. The Bertz CT molecular complexity index is 685. The van der Waals surface area contributed by atoms with Gasteiger partial charge in [0.15, 0.2) is 0 Å². The van der Waals surface area contributed by atoms with Gasteiger partial charge in [-0.3, -0.25) is 14.9 Å². The molecule has 22 heavy (non-hydrogen) atoms. The smallest absolute Gasteiger partial charge is 0.270 e. The van der Waals surface area contributed by atoms with E-state index < -0.39 is 20.9 Å². The Hall–Kier alpha value is -2.00. The number of likely N-dealkylation sites (N-methyl/N-ethyl adjacent to an activating group) is 1. The van der Waals surface area contributed by atoms with Crippen molar-refractivity contribution in [1.29, 1.82) is 0 Å². The van der Waals surface area contributed by atoms with E-state index in [1.54, 1.807) is 20.8 Å². The third-order valence-corrected chi connectivity index (χ3v) is 4.83. The van der Waals surface area contributed by atoms with Crippen LogP contribution in [-0.4, -0.2) is 43.2 Å². The second-order valence-electron chi connectivity index (χ2n) is 5.19. The third-order valence-electron chi connectivity index (χ3n) is 2.89. The molecule has 0 aliphatic carbocycles. The highest BCUT2D eigenvalue weighted by molar-refractivity contribution is 7.89. The highest BCUT2D eigenvalue weighted by atomic mass is 32.2. The fourth-order valence-corrected chi connectivity index (χ4v) is 3.17. The molecule has 0 fully saturated rings. The van der Waals surface area contributed by atoms with Crippen molar-refractivity contribution in [3.63, 3.8) is 0 Å². The van der Waals surface area contributed by atoms with Gasteiger partial charge < -0.3 is 5.32 Å². The lowest BCUT2D eigenvalue weighted by Gasteiger charge is -2.18. The van der Waals surface area contributed by atoms with Crippen LogP contribution < -0.4 is 5.32 Å². The first-order valence-corrected chi connectivity index (χ1v) is 8.00. The topological polar surface area (TPSA) is 110 Å². The molecule has 0 saturated heterocycles. The monoisotopic (exact) mass is 329 g/mol. The molecule has 1 amide bonds. The van der Waals surface area contributed by atoms with Gasteiger partial charge in [-0.05, 0) is 26.3 Å². The summed E-state index contributed by atoms with van der Waals surface area (Å²) in [4.78, 5) is 21.6. The van der Waals surface area contributed by atoms with Crippen molar-refractivity contribution in [2.45, 2.75) is 31.7 Å². The van der Waals surface area contributed by atoms with Gasteiger partial charge in [-0.1, -0.05) is 6.07 Å². The summed E-state index contributed by atoms with van der Waals surface area (Å²) in [6.45, 7) is 4.70. The summed E-state index contributed by atoms with van der Waals surface area (Å²) in [7, 11) is -2.73. The van der Waals surface area contributed by atoms with Crippen LogP contribution in [0.3, 0.4) is 0 Å². The molecule has 0 aliphatic heterocycles. The molecule has 9 heteroatoms. The van der Waals surface area contributed by atoms with Crippen molar-refractivity contribution < 1.29 is 18.1 Å². The molecule has 0 atom stereocenters. The SMILES string of the molecule is Cc1ccc([N+](=O)[O-])cc1S(=O)(=O)N(C)CC(=O)NC(C)C. The number of carbonyl (C=O) groups excluding carboxylic acids is 1. The number of nitro groups is 1. The summed E-state index contributed by atoms with van der Waals surface area (Å²) in [5, 5.41) is 13.4. The summed E-state index contributed by atoms with van der Waals surface area (Å²) < 4.78 is 25.8. The Morgan fingerprint density at radius 3 is 2.50 bits per heavy atom. The number of nitro benzene ring substituents is 1. The predicted molar refractivity (Wildman–Crippen MR) is 80.9 cm³/mol. The maximum Gasteiger partial charge on any atom is 0.270 e. The van der Waals surface area contributed by atoms with Crippen LogP contribution in [0.4, 0.5) is 5.69 Å². The maximum atomic E-state index is 12.5. The van der Waals surface area contributed by atoms with Crippen molar-refractivity contribution in [2.75, 3.05) is 13.6 Å². The molecular weight excluding hydrogens is 310 g/mol. The largest absolute Gasteiger partial charge is 0.353 e. The van der Waals surface area contributed by atoms with Gasteiger partial charge in [0.1, 0.15) is 0 Å². The Labute approximate surface area is 129 Å². The van der Waals surface area contributed by atoms with Crippen LogP contribution in [0, 0.1) is 17.0 Å². The van der Waals surface area contributed by atoms with Crippen LogP contribution >= 0.6 is 0 Å². The maximum absolute atomic E-state index is 12.5. The van der Waals surface area contributed by atoms with Gasteiger partial charge in [0, 0.05) is 25.2 Å². The number of benzene rings is 1. The van der Waals surface area contributed by atoms with Gasteiger partial charge in [-0.15, -0.1) is 0 Å². The molecule has 0 aliphatic rings. The third kappa shape index (κ3) is 4.25. The minimum absolute atomic E-state index is 0.108. The number of hydrogen-bond acceptors (Lipinski definition) is 5. The Balaban J connectivity index is 3.10. The van der Waals surface area contributed by atoms with Crippen molar-refractivity contribution in [2.24, 2.45) is 0 Å². The molecule has 0 bridgehead atoms. The van der Waals surface area contributed by atoms with Crippen molar-refractivity contribution in [1.82, 2.24) is 9.62 Å². The van der Waals surface area contributed by atoms with E-state index in [0.29, 0.717) is 5.56 Å². The van der Waals surface area contributed by atoms with Gasteiger partial charge in [-0.25, -0.2) is 8.42 Å². The summed E-state index contributed by atoms with van der Waals surface area (Å²) >= 11 is 0. The fraction of sp³-hybridized carbons (Fsp3) is 0.462. The van der Waals surface area contributed by atoms with E-state index in [-0.39, 0.29) is 23.2 Å². The Morgan fingerprint density at radius 2 is 2.00 bits per heavy atom. The highest BCUT2D eigenvalue weighted by Crippen LogP contribution is 2.24. The van der Waals surface area contributed by atoms with E-state index in [0.717, 1.165) is 10.4 Å². The number of sulfonamides is 1. The summed E-state index contributed by atoms with van der Waals surface area (Å²) in [5.41, 5.74) is 0.0610.